The highest BCUT2D eigenvalue weighted by Crippen LogP contribution is 2.41. The third-order valence-electron chi connectivity index (χ3n) is 4.65. The summed E-state index contributed by atoms with van der Waals surface area (Å²) in [6, 6.07) is 5.89. The summed E-state index contributed by atoms with van der Waals surface area (Å²) in [5.74, 6) is -0.294. The normalized spacial score (nSPS) is 28.3. The van der Waals surface area contributed by atoms with Gasteiger partial charge in [0.25, 0.3) is 0 Å². The Morgan fingerprint density at radius 3 is 2.91 bits per heavy atom. The van der Waals surface area contributed by atoms with Crippen LogP contribution in [0.2, 0.25) is 0 Å². The molecule has 0 unspecified atom stereocenters. The molecule has 2 heterocycles. The molecule has 1 N–H and O–H groups in total. The van der Waals surface area contributed by atoms with Gasteiger partial charge >= 0.3 is 5.97 Å². The second-order valence-electron chi connectivity index (χ2n) is 6.04. The van der Waals surface area contributed by atoms with Gasteiger partial charge < -0.3 is 14.6 Å². The van der Waals surface area contributed by atoms with Gasteiger partial charge in [0.15, 0.2) is 0 Å². The van der Waals surface area contributed by atoms with Gasteiger partial charge in [0.1, 0.15) is 23.6 Å². The molecule has 0 bridgehead atoms. The highest BCUT2D eigenvalue weighted by molar-refractivity contribution is 5.76. The lowest BCUT2D eigenvalue weighted by Gasteiger charge is -2.34. The molecule has 5 nitrogen and oxygen atoms in total. The summed E-state index contributed by atoms with van der Waals surface area (Å²) in [4.78, 5) is 13.8. The van der Waals surface area contributed by atoms with Crippen molar-refractivity contribution < 1.29 is 23.8 Å². The van der Waals surface area contributed by atoms with Gasteiger partial charge in [-0.3, -0.25) is 9.69 Å². The molecule has 2 fully saturated rings. The van der Waals surface area contributed by atoms with E-state index in [4.69, 9.17) is 9.47 Å². The van der Waals surface area contributed by atoms with Crippen molar-refractivity contribution in [2.24, 2.45) is 11.3 Å². The van der Waals surface area contributed by atoms with Gasteiger partial charge in [-0.2, -0.15) is 0 Å². The second kappa shape index (κ2) is 6.22. The molecule has 2 atom stereocenters. The van der Waals surface area contributed by atoms with Crippen molar-refractivity contribution >= 4 is 5.97 Å². The Labute approximate surface area is 128 Å². The zero-order chi connectivity index (χ0) is 15.6. The van der Waals surface area contributed by atoms with E-state index < -0.39 is 11.4 Å². The Morgan fingerprint density at radius 2 is 2.23 bits per heavy atom. The molecule has 1 aromatic carbocycles. The fourth-order valence-electron chi connectivity index (χ4n) is 3.39. The molecule has 0 aliphatic carbocycles. The molecule has 1 aromatic rings. The molecule has 2 aliphatic heterocycles. The fourth-order valence-corrected chi connectivity index (χ4v) is 3.39. The van der Waals surface area contributed by atoms with E-state index >= 15 is 0 Å². The topological polar surface area (TPSA) is 59.0 Å². The molecule has 0 radical (unpaired) electrons. The molecule has 22 heavy (non-hydrogen) atoms. The van der Waals surface area contributed by atoms with Crippen molar-refractivity contribution in [1.29, 1.82) is 0 Å². The lowest BCUT2D eigenvalue weighted by atomic mass is 9.76. The van der Waals surface area contributed by atoms with Crippen LogP contribution in [0.3, 0.4) is 0 Å². The zero-order valence-corrected chi connectivity index (χ0v) is 12.3. The third kappa shape index (κ3) is 2.94. The summed E-state index contributed by atoms with van der Waals surface area (Å²) in [5, 5.41) is 9.57. The lowest BCUT2D eigenvalue weighted by Crippen LogP contribution is -2.46. The minimum atomic E-state index is -0.770. The quantitative estimate of drug-likeness (QED) is 0.896. The number of likely N-dealkylation sites (tertiary alicyclic amines) is 1. The molecule has 0 spiro atoms. The van der Waals surface area contributed by atoms with Crippen molar-refractivity contribution in [3.05, 3.63) is 30.1 Å². The van der Waals surface area contributed by atoms with Gasteiger partial charge in [0, 0.05) is 26.2 Å². The van der Waals surface area contributed by atoms with Crippen LogP contribution in [0.5, 0.6) is 5.75 Å². The minimum absolute atomic E-state index is 0.143. The van der Waals surface area contributed by atoms with Gasteiger partial charge in [-0.1, -0.05) is 0 Å². The highest BCUT2D eigenvalue weighted by atomic mass is 19.1. The van der Waals surface area contributed by atoms with Crippen LogP contribution in [0.25, 0.3) is 0 Å². The average molecular weight is 309 g/mol. The molecule has 3 rings (SSSR count). The van der Waals surface area contributed by atoms with E-state index in [1.54, 1.807) is 12.1 Å². The SMILES string of the molecule is O=C(O)[C@]12COCC[C@H]1CN(CCOc1ccc(F)cc1)C2. The van der Waals surface area contributed by atoms with Crippen molar-refractivity contribution in [3.63, 3.8) is 0 Å². The van der Waals surface area contributed by atoms with Gasteiger partial charge in [-0.05, 0) is 36.6 Å². The first kappa shape index (κ1) is 15.2. The van der Waals surface area contributed by atoms with Gasteiger partial charge in [0.2, 0.25) is 0 Å². The first-order valence-corrected chi connectivity index (χ1v) is 7.52. The Hall–Kier alpha value is -1.66. The molecular formula is C16H20FNO4. The first-order valence-electron chi connectivity index (χ1n) is 7.52. The predicted molar refractivity (Wildman–Crippen MR) is 77.3 cm³/mol. The number of carboxylic acids is 1. The van der Waals surface area contributed by atoms with Crippen LogP contribution in [0.4, 0.5) is 4.39 Å². The molecule has 0 amide bonds. The van der Waals surface area contributed by atoms with Gasteiger partial charge in [-0.25, -0.2) is 4.39 Å². The first-order chi connectivity index (χ1) is 10.6. The Bertz CT molecular complexity index is 535. The number of nitrogens with zero attached hydrogens (tertiary/aromatic N) is 1. The van der Waals surface area contributed by atoms with Crippen molar-refractivity contribution in [2.75, 3.05) is 39.5 Å². The molecule has 6 heteroatoms. The number of fused-ring (bicyclic) bond motifs is 1. The molecule has 120 valence electrons. The van der Waals surface area contributed by atoms with Crippen LogP contribution >= 0.6 is 0 Å². The van der Waals surface area contributed by atoms with E-state index in [2.05, 4.69) is 4.90 Å². The second-order valence-corrected chi connectivity index (χ2v) is 6.04. The van der Waals surface area contributed by atoms with Crippen LogP contribution in [-0.2, 0) is 9.53 Å². The monoisotopic (exact) mass is 309 g/mol. The van der Waals surface area contributed by atoms with Crippen molar-refractivity contribution in [3.8, 4) is 5.75 Å². The molecule has 2 saturated heterocycles. The van der Waals surface area contributed by atoms with E-state index in [0.717, 1.165) is 13.0 Å². The predicted octanol–water partition coefficient (Wildman–Crippen LogP) is 1.63. The number of aliphatic carboxylic acids is 1. The Morgan fingerprint density at radius 1 is 1.45 bits per heavy atom. The van der Waals surface area contributed by atoms with E-state index in [-0.39, 0.29) is 11.7 Å². The molecule has 0 aromatic heterocycles. The number of carboxylic acid groups (broad SMARTS) is 1. The summed E-state index contributed by atoms with van der Waals surface area (Å²) in [6.45, 7) is 3.31. The summed E-state index contributed by atoms with van der Waals surface area (Å²) < 4.78 is 23.8. The summed E-state index contributed by atoms with van der Waals surface area (Å²) >= 11 is 0. The largest absolute Gasteiger partial charge is 0.492 e. The van der Waals surface area contributed by atoms with Crippen molar-refractivity contribution in [1.82, 2.24) is 4.90 Å². The number of halogens is 1. The van der Waals surface area contributed by atoms with Crippen LogP contribution in [0, 0.1) is 17.2 Å². The van der Waals surface area contributed by atoms with Crippen LogP contribution in [0.15, 0.2) is 24.3 Å². The van der Waals surface area contributed by atoms with E-state index in [1.807, 2.05) is 0 Å². The van der Waals surface area contributed by atoms with E-state index in [9.17, 15) is 14.3 Å². The molecule has 2 aliphatic rings. The van der Waals surface area contributed by atoms with Crippen LogP contribution in [-0.4, -0.2) is 55.4 Å². The third-order valence-corrected chi connectivity index (χ3v) is 4.65. The summed E-state index contributed by atoms with van der Waals surface area (Å²) in [7, 11) is 0. The molecule has 0 saturated carbocycles. The zero-order valence-electron chi connectivity index (χ0n) is 12.3. The lowest BCUT2D eigenvalue weighted by molar-refractivity contribution is -0.159. The number of hydrogen-bond acceptors (Lipinski definition) is 4. The smallest absolute Gasteiger partial charge is 0.313 e. The van der Waals surface area contributed by atoms with Gasteiger partial charge in [0.05, 0.1) is 6.61 Å². The van der Waals surface area contributed by atoms with Crippen molar-refractivity contribution in [2.45, 2.75) is 6.42 Å². The number of carbonyl (C=O) groups is 1. The van der Waals surface area contributed by atoms with Crippen LogP contribution < -0.4 is 4.74 Å². The van der Waals surface area contributed by atoms with Crippen LogP contribution in [0.1, 0.15) is 6.42 Å². The number of benzene rings is 1. The fraction of sp³-hybridized carbons (Fsp3) is 0.562. The maximum Gasteiger partial charge on any atom is 0.313 e. The number of ether oxygens (including phenoxy) is 2. The standard InChI is InChI=1S/C16H20FNO4/c17-13-1-3-14(4-2-13)22-8-6-18-9-12-5-7-21-11-16(12,10-18)15(19)20/h1-4,12H,5-11H2,(H,19,20)/t12-,16+/m0/s1. The Kier molecular flexibility index (Phi) is 4.31. The maximum absolute atomic E-state index is 12.8. The summed E-state index contributed by atoms with van der Waals surface area (Å²) in [6.07, 6.45) is 0.793. The number of rotatable bonds is 5. The highest BCUT2D eigenvalue weighted by Gasteiger charge is 2.53. The Balaban J connectivity index is 1.54. The minimum Gasteiger partial charge on any atom is -0.492 e. The number of hydrogen-bond donors (Lipinski definition) is 1. The summed E-state index contributed by atoms with van der Waals surface area (Å²) in [5.41, 5.74) is -0.770. The average Bonchev–Trinajstić information content (AvgIpc) is 2.89. The van der Waals surface area contributed by atoms with Gasteiger partial charge in [-0.15, -0.1) is 0 Å². The van der Waals surface area contributed by atoms with E-state index in [1.165, 1.54) is 12.1 Å². The molecular weight excluding hydrogens is 289 g/mol. The van der Waals surface area contributed by atoms with E-state index in [0.29, 0.717) is 38.7 Å². The maximum atomic E-state index is 12.8.